The molecular formula is C14H9ClN4O3. The fourth-order valence-corrected chi connectivity index (χ4v) is 2.61. The molecule has 2 aromatic rings. The summed E-state index contributed by atoms with van der Waals surface area (Å²) in [7, 11) is 0. The molecule has 1 aromatic heterocycles. The largest absolute Gasteiger partial charge is 0.424 e. The minimum absolute atomic E-state index is 0.0739. The molecule has 1 aliphatic heterocycles. The van der Waals surface area contributed by atoms with Crippen molar-refractivity contribution >= 4 is 11.6 Å². The molecule has 0 radical (unpaired) electrons. The molecule has 0 aliphatic carbocycles. The molecule has 0 bridgehead atoms. The van der Waals surface area contributed by atoms with E-state index in [1.807, 2.05) is 6.07 Å². The number of nitriles is 1. The molecule has 0 saturated carbocycles. The number of H-pyrrole nitrogens is 2. The molecule has 7 nitrogen and oxygen atoms in total. The second kappa shape index (κ2) is 5.09. The zero-order valence-corrected chi connectivity index (χ0v) is 11.8. The van der Waals surface area contributed by atoms with Crippen LogP contribution in [0.1, 0.15) is 17.0 Å². The number of hydrogen-bond acceptors (Lipinski definition) is 5. The van der Waals surface area contributed by atoms with Gasteiger partial charge in [-0.15, -0.1) is 0 Å². The van der Waals surface area contributed by atoms with Crippen LogP contribution in [0.3, 0.4) is 0 Å². The number of hydrogen-bond donors (Lipinski definition) is 3. The van der Waals surface area contributed by atoms with E-state index in [1.165, 1.54) is 0 Å². The Kier molecular flexibility index (Phi) is 3.23. The van der Waals surface area contributed by atoms with E-state index in [0.717, 1.165) is 0 Å². The second-order valence-electron chi connectivity index (χ2n) is 4.63. The third kappa shape index (κ3) is 2.16. The number of aromatic amines is 2. The summed E-state index contributed by atoms with van der Waals surface area (Å²) < 4.78 is 5.21. The van der Waals surface area contributed by atoms with Gasteiger partial charge >= 0.3 is 5.69 Å². The smallest absolute Gasteiger partial charge is 0.328 e. The Balaban J connectivity index is 2.34. The SMILES string of the molecule is N#CC1=C(N)Oc2[nH]c(=O)[nH]c(=O)c2[C@@H]1c1cccc(Cl)c1. The molecule has 8 heteroatoms. The van der Waals surface area contributed by atoms with Crippen LogP contribution in [0.2, 0.25) is 5.02 Å². The van der Waals surface area contributed by atoms with Crippen molar-refractivity contribution in [2.45, 2.75) is 5.92 Å². The Labute approximate surface area is 128 Å². The van der Waals surface area contributed by atoms with E-state index >= 15 is 0 Å². The molecule has 2 heterocycles. The van der Waals surface area contributed by atoms with Gasteiger partial charge in [-0.1, -0.05) is 23.7 Å². The van der Waals surface area contributed by atoms with E-state index in [0.29, 0.717) is 10.6 Å². The molecule has 1 atom stereocenters. The van der Waals surface area contributed by atoms with Crippen LogP contribution >= 0.6 is 11.6 Å². The summed E-state index contributed by atoms with van der Waals surface area (Å²) in [6.07, 6.45) is 0. The van der Waals surface area contributed by atoms with Crippen LogP contribution in [0.4, 0.5) is 0 Å². The standard InChI is InChI=1S/C14H9ClN4O3/c15-7-3-1-2-6(4-7)9-8(5-16)11(17)22-13-10(9)12(20)18-14(21)19-13/h1-4,9H,17H2,(H2,18,19,20,21)/t9-/m1/s1. The number of nitrogens with zero attached hydrogens (tertiary/aromatic N) is 1. The molecule has 22 heavy (non-hydrogen) atoms. The third-order valence-corrected chi connectivity index (χ3v) is 3.54. The maximum Gasteiger partial charge on any atom is 0.328 e. The minimum Gasteiger partial charge on any atom is -0.424 e. The fraction of sp³-hybridized carbons (Fsp3) is 0.0714. The van der Waals surface area contributed by atoms with Gasteiger partial charge in [-0.05, 0) is 17.7 Å². The molecule has 0 fully saturated rings. The van der Waals surface area contributed by atoms with Crippen LogP contribution in [0.5, 0.6) is 5.88 Å². The van der Waals surface area contributed by atoms with Crippen LogP contribution < -0.4 is 21.7 Å². The topological polar surface area (TPSA) is 125 Å². The number of nitrogens with one attached hydrogen (secondary N) is 2. The summed E-state index contributed by atoms with van der Waals surface area (Å²) in [6, 6.07) is 8.64. The summed E-state index contributed by atoms with van der Waals surface area (Å²) >= 11 is 5.98. The quantitative estimate of drug-likeness (QED) is 0.722. The number of halogens is 1. The number of aromatic nitrogens is 2. The van der Waals surface area contributed by atoms with Gasteiger partial charge in [0.05, 0.1) is 11.5 Å². The molecule has 1 aliphatic rings. The molecule has 0 spiro atoms. The molecule has 3 rings (SSSR count). The van der Waals surface area contributed by atoms with Gasteiger partial charge in [0.1, 0.15) is 11.6 Å². The van der Waals surface area contributed by atoms with Gasteiger partial charge in [-0.25, -0.2) is 4.79 Å². The number of ether oxygens (including phenoxy) is 1. The zero-order valence-electron chi connectivity index (χ0n) is 11.0. The highest BCUT2D eigenvalue weighted by Gasteiger charge is 2.34. The number of allylic oxidation sites excluding steroid dienone is 1. The van der Waals surface area contributed by atoms with Crippen molar-refractivity contribution in [1.82, 2.24) is 9.97 Å². The molecule has 0 saturated heterocycles. The van der Waals surface area contributed by atoms with Gasteiger partial charge in [0, 0.05) is 5.02 Å². The van der Waals surface area contributed by atoms with Crippen molar-refractivity contribution in [3.63, 3.8) is 0 Å². The number of rotatable bonds is 1. The first-order chi connectivity index (χ1) is 10.5. The van der Waals surface area contributed by atoms with Crippen molar-refractivity contribution in [3.05, 3.63) is 72.7 Å². The van der Waals surface area contributed by atoms with Gasteiger partial charge in [0.15, 0.2) is 0 Å². The normalized spacial score (nSPS) is 16.6. The first-order valence-corrected chi connectivity index (χ1v) is 6.58. The highest BCUT2D eigenvalue weighted by molar-refractivity contribution is 6.30. The maximum absolute atomic E-state index is 12.2. The Morgan fingerprint density at radius 3 is 2.77 bits per heavy atom. The van der Waals surface area contributed by atoms with Gasteiger partial charge < -0.3 is 10.5 Å². The number of nitrogens with two attached hydrogens (primary N) is 1. The Morgan fingerprint density at radius 2 is 2.09 bits per heavy atom. The predicted octanol–water partition coefficient (Wildman–Crippen LogP) is 0.935. The lowest BCUT2D eigenvalue weighted by Gasteiger charge is -2.24. The average molecular weight is 317 g/mol. The van der Waals surface area contributed by atoms with Crippen molar-refractivity contribution in [2.24, 2.45) is 5.73 Å². The highest BCUT2D eigenvalue weighted by Crippen LogP contribution is 2.38. The van der Waals surface area contributed by atoms with Crippen molar-refractivity contribution in [2.75, 3.05) is 0 Å². The summed E-state index contributed by atoms with van der Waals surface area (Å²) in [5.74, 6) is -1.01. The summed E-state index contributed by atoms with van der Waals surface area (Å²) in [6.45, 7) is 0. The van der Waals surface area contributed by atoms with Crippen molar-refractivity contribution in [1.29, 1.82) is 5.26 Å². The van der Waals surface area contributed by atoms with Crippen LogP contribution in [0, 0.1) is 11.3 Å². The molecule has 4 N–H and O–H groups in total. The molecule has 1 aromatic carbocycles. The van der Waals surface area contributed by atoms with Crippen LogP contribution in [-0.2, 0) is 0 Å². The maximum atomic E-state index is 12.2. The predicted molar refractivity (Wildman–Crippen MR) is 78.4 cm³/mol. The third-order valence-electron chi connectivity index (χ3n) is 3.30. The minimum atomic E-state index is -0.770. The lowest BCUT2D eigenvalue weighted by atomic mass is 9.85. The molecule has 0 unspecified atom stereocenters. The average Bonchev–Trinajstić information content (AvgIpc) is 2.45. The van der Waals surface area contributed by atoms with Crippen molar-refractivity contribution < 1.29 is 4.74 Å². The Bertz CT molecular complexity index is 952. The first kappa shape index (κ1) is 14.0. The number of benzene rings is 1. The van der Waals surface area contributed by atoms with E-state index in [2.05, 4.69) is 9.97 Å². The lowest BCUT2D eigenvalue weighted by molar-refractivity contribution is 0.373. The lowest BCUT2D eigenvalue weighted by Crippen LogP contribution is -2.33. The molecule has 110 valence electrons. The Hall–Kier alpha value is -2.98. The monoisotopic (exact) mass is 316 g/mol. The summed E-state index contributed by atoms with van der Waals surface area (Å²) in [4.78, 5) is 28.0. The van der Waals surface area contributed by atoms with E-state index < -0.39 is 17.2 Å². The van der Waals surface area contributed by atoms with Gasteiger partial charge in [-0.3, -0.25) is 14.8 Å². The second-order valence-corrected chi connectivity index (χ2v) is 5.07. The van der Waals surface area contributed by atoms with Gasteiger partial charge in [-0.2, -0.15) is 5.26 Å². The van der Waals surface area contributed by atoms with Crippen molar-refractivity contribution in [3.8, 4) is 11.9 Å². The fourth-order valence-electron chi connectivity index (χ4n) is 2.41. The highest BCUT2D eigenvalue weighted by atomic mass is 35.5. The summed E-state index contributed by atoms with van der Waals surface area (Å²) in [5.41, 5.74) is 5.14. The molecular weight excluding hydrogens is 308 g/mol. The number of fused-ring (bicyclic) bond motifs is 1. The van der Waals surface area contributed by atoms with E-state index in [-0.39, 0.29) is 22.9 Å². The molecule has 0 amide bonds. The van der Waals surface area contributed by atoms with Crippen LogP contribution in [0.25, 0.3) is 0 Å². The van der Waals surface area contributed by atoms with E-state index in [1.54, 1.807) is 24.3 Å². The van der Waals surface area contributed by atoms with Crippen LogP contribution in [-0.4, -0.2) is 9.97 Å². The Morgan fingerprint density at radius 1 is 1.32 bits per heavy atom. The van der Waals surface area contributed by atoms with Gasteiger partial charge in [0.25, 0.3) is 5.56 Å². The van der Waals surface area contributed by atoms with E-state index in [9.17, 15) is 14.9 Å². The van der Waals surface area contributed by atoms with Crippen LogP contribution in [0.15, 0.2) is 45.3 Å². The zero-order chi connectivity index (χ0) is 15.9. The first-order valence-electron chi connectivity index (χ1n) is 6.21. The summed E-state index contributed by atoms with van der Waals surface area (Å²) in [5, 5.41) is 9.80. The van der Waals surface area contributed by atoms with E-state index in [4.69, 9.17) is 22.1 Å². The van der Waals surface area contributed by atoms with Gasteiger partial charge in [0.2, 0.25) is 11.8 Å².